The number of nitro groups is 1. The summed E-state index contributed by atoms with van der Waals surface area (Å²) in [5.74, 6) is 0. The summed E-state index contributed by atoms with van der Waals surface area (Å²) in [7, 11) is 0. The highest BCUT2D eigenvalue weighted by molar-refractivity contribution is 4.89. The smallest absolute Gasteiger partial charge is 0.233 e. The summed E-state index contributed by atoms with van der Waals surface area (Å²) < 4.78 is 0. The second-order valence-electron chi connectivity index (χ2n) is 1.61. The Balaban J connectivity index is 3.75. The van der Waals surface area contributed by atoms with Crippen molar-refractivity contribution in [2.45, 2.75) is 20.3 Å². The first kappa shape index (κ1) is 7.14. The van der Waals surface area contributed by atoms with Gasteiger partial charge in [0.2, 0.25) is 6.20 Å². The summed E-state index contributed by atoms with van der Waals surface area (Å²) in [6.07, 6.45) is 1.78. The Labute approximate surface area is 48.2 Å². The Hall–Kier alpha value is -0.860. The van der Waals surface area contributed by atoms with Gasteiger partial charge in [0, 0.05) is 0 Å². The first-order valence-electron chi connectivity index (χ1n) is 2.47. The van der Waals surface area contributed by atoms with Gasteiger partial charge in [0.1, 0.15) is 0 Å². The topological polar surface area (TPSA) is 43.1 Å². The predicted molar refractivity (Wildman–Crippen MR) is 31.0 cm³/mol. The molecule has 0 saturated carbocycles. The Morgan fingerprint density at radius 3 is 2.50 bits per heavy atom. The number of hydrogen-bond donors (Lipinski definition) is 0. The zero-order chi connectivity index (χ0) is 6.57. The van der Waals surface area contributed by atoms with Crippen molar-refractivity contribution in [3.05, 3.63) is 21.9 Å². The third-order valence-corrected chi connectivity index (χ3v) is 0.883. The Morgan fingerprint density at radius 2 is 2.38 bits per heavy atom. The van der Waals surface area contributed by atoms with E-state index >= 15 is 0 Å². The van der Waals surface area contributed by atoms with E-state index in [-0.39, 0.29) is 0 Å². The van der Waals surface area contributed by atoms with Gasteiger partial charge in [-0.1, -0.05) is 6.92 Å². The third-order valence-electron chi connectivity index (χ3n) is 0.883. The summed E-state index contributed by atoms with van der Waals surface area (Å²) in [5, 5.41) is 9.70. The van der Waals surface area contributed by atoms with Gasteiger partial charge >= 0.3 is 0 Å². The molecule has 0 spiro atoms. The van der Waals surface area contributed by atoms with Crippen LogP contribution in [0.1, 0.15) is 20.3 Å². The molecule has 3 nitrogen and oxygen atoms in total. The van der Waals surface area contributed by atoms with Gasteiger partial charge in [-0.3, -0.25) is 10.1 Å². The fraction of sp³-hybridized carbons (Fsp3) is 0.600. The quantitative estimate of drug-likeness (QED) is 0.405. The van der Waals surface area contributed by atoms with Crippen LogP contribution >= 0.6 is 0 Å². The van der Waals surface area contributed by atoms with Gasteiger partial charge in [-0.05, 0) is 18.9 Å². The summed E-state index contributed by atoms with van der Waals surface area (Å²) in [6, 6.07) is 0. The fourth-order valence-corrected chi connectivity index (χ4v) is 0.271. The molecule has 0 bridgehead atoms. The van der Waals surface area contributed by atoms with Crippen LogP contribution in [0, 0.1) is 10.1 Å². The molecule has 0 saturated heterocycles. The lowest BCUT2D eigenvalue weighted by Gasteiger charge is -1.84. The van der Waals surface area contributed by atoms with Gasteiger partial charge in [0.05, 0.1) is 4.92 Å². The summed E-state index contributed by atoms with van der Waals surface area (Å²) >= 11 is 0. The molecular weight excluding hydrogens is 106 g/mol. The van der Waals surface area contributed by atoms with Gasteiger partial charge in [-0.25, -0.2) is 0 Å². The lowest BCUT2D eigenvalue weighted by atomic mass is 10.3. The van der Waals surface area contributed by atoms with Crippen molar-refractivity contribution in [1.29, 1.82) is 0 Å². The van der Waals surface area contributed by atoms with Crippen LogP contribution < -0.4 is 0 Å². The minimum atomic E-state index is -0.432. The zero-order valence-electron chi connectivity index (χ0n) is 5.05. The molecule has 0 rings (SSSR count). The second kappa shape index (κ2) is 3.18. The van der Waals surface area contributed by atoms with Crippen molar-refractivity contribution in [3.8, 4) is 0 Å². The first-order chi connectivity index (χ1) is 3.66. The van der Waals surface area contributed by atoms with Gasteiger partial charge in [-0.2, -0.15) is 0 Å². The number of hydrogen-bond acceptors (Lipinski definition) is 2. The summed E-state index contributed by atoms with van der Waals surface area (Å²) in [5.41, 5.74) is 0.801. The van der Waals surface area contributed by atoms with Crippen LogP contribution in [0.2, 0.25) is 0 Å². The van der Waals surface area contributed by atoms with Crippen molar-refractivity contribution >= 4 is 0 Å². The van der Waals surface area contributed by atoms with E-state index in [1.54, 1.807) is 6.92 Å². The molecule has 0 aliphatic carbocycles. The second-order valence-corrected chi connectivity index (χ2v) is 1.61. The Morgan fingerprint density at radius 1 is 1.88 bits per heavy atom. The molecule has 46 valence electrons. The highest BCUT2D eigenvalue weighted by Crippen LogP contribution is 1.95. The molecule has 0 amide bonds. The standard InChI is InChI=1S/C5H9NO2/c1-3-5(2)4-6(7)8/h4H,3H2,1-2H3/b5-4+. The minimum absolute atomic E-state index is 0.432. The normalized spacial score (nSPS) is 11.5. The van der Waals surface area contributed by atoms with Crippen LogP contribution in [0.5, 0.6) is 0 Å². The molecule has 0 aliphatic heterocycles. The largest absolute Gasteiger partial charge is 0.259 e. The fourth-order valence-electron chi connectivity index (χ4n) is 0.271. The Bertz CT molecular complexity index is 118. The van der Waals surface area contributed by atoms with Crippen LogP contribution in [0.15, 0.2) is 11.8 Å². The van der Waals surface area contributed by atoms with Crippen LogP contribution in [-0.2, 0) is 0 Å². The van der Waals surface area contributed by atoms with Crippen molar-refractivity contribution in [1.82, 2.24) is 0 Å². The molecule has 8 heavy (non-hydrogen) atoms. The number of allylic oxidation sites excluding steroid dienone is 1. The van der Waals surface area contributed by atoms with Crippen molar-refractivity contribution in [2.75, 3.05) is 0 Å². The zero-order valence-corrected chi connectivity index (χ0v) is 5.05. The van der Waals surface area contributed by atoms with E-state index < -0.39 is 4.92 Å². The molecule has 0 atom stereocenters. The maximum Gasteiger partial charge on any atom is 0.233 e. The maximum absolute atomic E-state index is 9.70. The third kappa shape index (κ3) is 3.33. The van der Waals surface area contributed by atoms with Gasteiger partial charge < -0.3 is 0 Å². The lowest BCUT2D eigenvalue weighted by molar-refractivity contribution is -0.403. The Kier molecular flexibility index (Phi) is 2.84. The molecule has 0 heterocycles. The van der Waals surface area contributed by atoms with Crippen LogP contribution in [0.3, 0.4) is 0 Å². The van der Waals surface area contributed by atoms with Crippen molar-refractivity contribution in [3.63, 3.8) is 0 Å². The highest BCUT2D eigenvalue weighted by Gasteiger charge is 1.89. The van der Waals surface area contributed by atoms with Gasteiger partial charge in [-0.15, -0.1) is 0 Å². The van der Waals surface area contributed by atoms with Crippen LogP contribution in [-0.4, -0.2) is 4.92 Å². The summed E-state index contributed by atoms with van der Waals surface area (Å²) in [4.78, 5) is 9.27. The van der Waals surface area contributed by atoms with E-state index in [0.717, 1.165) is 18.2 Å². The average Bonchev–Trinajstić information content (AvgIpc) is 1.65. The first-order valence-corrected chi connectivity index (χ1v) is 2.47. The van der Waals surface area contributed by atoms with E-state index in [1.807, 2.05) is 6.92 Å². The summed E-state index contributed by atoms with van der Waals surface area (Å²) in [6.45, 7) is 3.62. The molecule has 0 unspecified atom stereocenters. The molecule has 0 aromatic carbocycles. The molecular formula is C5H9NO2. The van der Waals surface area contributed by atoms with E-state index in [0.29, 0.717) is 0 Å². The van der Waals surface area contributed by atoms with Crippen molar-refractivity contribution in [2.24, 2.45) is 0 Å². The molecule has 0 aromatic rings. The highest BCUT2D eigenvalue weighted by atomic mass is 16.6. The monoisotopic (exact) mass is 115 g/mol. The predicted octanol–water partition coefficient (Wildman–Crippen LogP) is 1.58. The van der Waals surface area contributed by atoms with Crippen LogP contribution in [0.4, 0.5) is 0 Å². The van der Waals surface area contributed by atoms with E-state index in [9.17, 15) is 10.1 Å². The van der Waals surface area contributed by atoms with Crippen molar-refractivity contribution < 1.29 is 4.92 Å². The van der Waals surface area contributed by atoms with E-state index in [1.165, 1.54) is 0 Å². The maximum atomic E-state index is 9.70. The molecule has 0 aliphatic rings. The average molecular weight is 115 g/mol. The SMILES string of the molecule is CC/C(C)=C/[N+](=O)[O-]. The lowest BCUT2D eigenvalue weighted by Crippen LogP contribution is -1.85. The van der Waals surface area contributed by atoms with Gasteiger partial charge in [0.15, 0.2) is 0 Å². The molecule has 0 aromatic heterocycles. The molecule has 0 N–H and O–H groups in total. The van der Waals surface area contributed by atoms with E-state index in [4.69, 9.17) is 0 Å². The van der Waals surface area contributed by atoms with E-state index in [2.05, 4.69) is 0 Å². The molecule has 0 radical (unpaired) electrons. The minimum Gasteiger partial charge on any atom is -0.259 e. The number of nitrogens with zero attached hydrogens (tertiary/aromatic N) is 1. The molecule has 3 heteroatoms. The molecule has 0 fully saturated rings. The van der Waals surface area contributed by atoms with Gasteiger partial charge in [0.25, 0.3) is 0 Å². The number of rotatable bonds is 2. The van der Waals surface area contributed by atoms with Crippen LogP contribution in [0.25, 0.3) is 0 Å².